The van der Waals surface area contributed by atoms with Gasteiger partial charge in [-0.25, -0.2) is 14.9 Å². The third-order valence-corrected chi connectivity index (χ3v) is 7.17. The van der Waals surface area contributed by atoms with Gasteiger partial charge in [0, 0.05) is 24.7 Å². The average molecular weight is 611 g/mol. The molecule has 1 aromatic heterocycles. The lowest BCUT2D eigenvalue weighted by molar-refractivity contribution is -0.0213. The summed E-state index contributed by atoms with van der Waals surface area (Å²) < 4.78 is 22.0. The van der Waals surface area contributed by atoms with Crippen LogP contribution in [0, 0.1) is 6.92 Å². The predicted molar refractivity (Wildman–Crippen MR) is 161 cm³/mol. The van der Waals surface area contributed by atoms with Gasteiger partial charge in [0.2, 0.25) is 0 Å². The van der Waals surface area contributed by atoms with Crippen LogP contribution in [-0.2, 0) is 14.8 Å². The van der Waals surface area contributed by atoms with E-state index in [2.05, 4.69) is 40.1 Å². The van der Waals surface area contributed by atoms with E-state index in [9.17, 15) is 14.7 Å². The van der Waals surface area contributed by atoms with E-state index in [1.165, 1.54) is 10.8 Å². The highest BCUT2D eigenvalue weighted by Gasteiger charge is 2.40. The van der Waals surface area contributed by atoms with Gasteiger partial charge in [0.1, 0.15) is 12.0 Å². The summed E-state index contributed by atoms with van der Waals surface area (Å²) in [6.45, 7) is 1.92. The number of methoxy groups -OCH3 is 1. The second-order valence-electron chi connectivity index (χ2n) is 10.1. The van der Waals surface area contributed by atoms with E-state index in [0.29, 0.717) is 12.1 Å². The second-order valence-corrected chi connectivity index (χ2v) is 11.3. The van der Waals surface area contributed by atoms with E-state index in [-0.39, 0.29) is 6.42 Å². The van der Waals surface area contributed by atoms with E-state index in [1.807, 2.05) is 60.7 Å². The number of hydrogen-bond acceptors (Lipinski definition) is 7. The Bertz CT molecular complexity index is 1610. The Morgan fingerprint density at radius 2 is 1.51 bits per heavy atom. The summed E-state index contributed by atoms with van der Waals surface area (Å²) in [6.07, 6.45) is -0.395. The first-order chi connectivity index (χ1) is 20.4. The quantitative estimate of drug-likeness (QED) is 0.127. The van der Waals surface area contributed by atoms with Crippen LogP contribution in [0.4, 0.5) is 0 Å². The van der Waals surface area contributed by atoms with E-state index in [0.717, 1.165) is 22.4 Å². The molecule has 4 aromatic rings. The van der Waals surface area contributed by atoms with Crippen LogP contribution in [0.1, 0.15) is 34.9 Å². The van der Waals surface area contributed by atoms with Crippen LogP contribution in [0.3, 0.4) is 0 Å². The maximum absolute atomic E-state index is 12.4. The normalized spacial score (nSPS) is 18.5. The predicted octanol–water partition coefficient (Wildman–Crippen LogP) is 2.12. The molecule has 3 atom stereocenters. The highest BCUT2D eigenvalue weighted by Crippen LogP contribution is 2.38. The minimum atomic E-state index is -4.14. The van der Waals surface area contributed by atoms with Gasteiger partial charge in [-0.15, -0.1) is 0 Å². The molecular formula is C30H35N4O8P. The number of rotatable bonds is 8. The van der Waals surface area contributed by atoms with Crippen LogP contribution in [0.2, 0.25) is 0 Å². The Morgan fingerprint density at radius 3 is 2.02 bits per heavy atom. The monoisotopic (exact) mass is 610 g/mol. The maximum Gasteiger partial charge on any atom is 0.397 e. The largest absolute Gasteiger partial charge is 0.497 e. The van der Waals surface area contributed by atoms with Crippen LogP contribution in [0.15, 0.2) is 101 Å². The fourth-order valence-electron chi connectivity index (χ4n) is 5.15. The van der Waals surface area contributed by atoms with Gasteiger partial charge >= 0.3 is 13.4 Å². The number of benzene rings is 3. The van der Waals surface area contributed by atoms with Gasteiger partial charge in [0.15, 0.2) is 0 Å². The molecule has 13 heteroatoms. The zero-order chi connectivity index (χ0) is 31.2. The molecule has 5 rings (SSSR count). The molecular weight excluding hydrogens is 575 g/mol. The van der Waals surface area contributed by atoms with Gasteiger partial charge in [-0.3, -0.25) is 19.7 Å². The molecule has 3 aromatic carbocycles. The lowest BCUT2D eigenvalue weighted by Gasteiger charge is -2.38. The minimum absolute atomic E-state index is 0.226. The Hall–Kier alpha value is -3.87. The van der Waals surface area contributed by atoms with Crippen molar-refractivity contribution in [3.05, 3.63) is 134 Å². The van der Waals surface area contributed by atoms with Gasteiger partial charge in [0.25, 0.3) is 5.56 Å². The number of aliphatic hydroxyl groups is 1. The van der Waals surface area contributed by atoms with Crippen LogP contribution in [0.5, 0.6) is 5.75 Å². The zero-order valence-electron chi connectivity index (χ0n) is 23.7. The van der Waals surface area contributed by atoms with Gasteiger partial charge in [-0.05, 0) is 35.7 Å². The summed E-state index contributed by atoms with van der Waals surface area (Å²) in [4.78, 5) is 41.4. The van der Waals surface area contributed by atoms with Crippen molar-refractivity contribution in [3.63, 3.8) is 0 Å². The summed E-state index contributed by atoms with van der Waals surface area (Å²) in [7, 11) is -2.50. The first kappa shape index (κ1) is 32.1. The lowest BCUT2D eigenvalue weighted by atomic mass is 9.77. The smallest absolute Gasteiger partial charge is 0.397 e. The zero-order valence-corrected chi connectivity index (χ0v) is 24.6. The number of aromatic nitrogens is 2. The minimum Gasteiger partial charge on any atom is -0.497 e. The standard InChI is InChI=1S/C30H31N3O5.H4NO3P/c1-20-19-33(29(36)32-28(20)35)27-17-25(34)26(38-27)18-31-30(21-9-5-3-6-10-21,22-11-7-4-8-12-22)23-13-15-24(37-2)16-14-23;1-5(2,3)4/h3-16,19,25-27,31,34H,17-18H2,1-2H3,(H,32,35,36);(H4,1,2,3,4)/t25-,26+,27+;/m0./s1. The van der Waals surface area contributed by atoms with Gasteiger partial charge in [-0.2, -0.15) is 0 Å². The molecule has 0 unspecified atom stereocenters. The van der Waals surface area contributed by atoms with Crippen LogP contribution < -0.4 is 26.8 Å². The fraction of sp³-hybridized carbons (Fsp3) is 0.267. The van der Waals surface area contributed by atoms with Crippen molar-refractivity contribution in [1.29, 1.82) is 0 Å². The second kappa shape index (κ2) is 13.6. The number of H-pyrrole nitrogens is 1. The third kappa shape index (κ3) is 7.75. The number of nitrogens with one attached hydrogen (secondary N) is 2. The molecule has 43 heavy (non-hydrogen) atoms. The van der Waals surface area contributed by atoms with E-state index in [4.69, 9.17) is 23.8 Å². The van der Waals surface area contributed by atoms with Gasteiger partial charge in [0.05, 0.1) is 24.9 Å². The number of hydrogen-bond donors (Lipinski definition) is 6. The number of aliphatic hydroxyl groups excluding tert-OH is 1. The third-order valence-electron chi connectivity index (χ3n) is 7.17. The fourth-order valence-corrected chi connectivity index (χ4v) is 5.15. The number of aryl methyl sites for hydroxylation is 1. The van der Waals surface area contributed by atoms with Crippen molar-refractivity contribution >= 4 is 7.75 Å². The van der Waals surface area contributed by atoms with Crippen LogP contribution in [0.25, 0.3) is 0 Å². The molecule has 0 spiro atoms. The molecule has 12 nitrogen and oxygen atoms in total. The average Bonchev–Trinajstić information content (AvgIpc) is 3.35. The summed E-state index contributed by atoms with van der Waals surface area (Å²) in [5.41, 5.74) is 5.70. The summed E-state index contributed by atoms with van der Waals surface area (Å²) in [5.74, 6) is 0.753. The highest BCUT2D eigenvalue weighted by molar-refractivity contribution is 7.49. The number of nitrogens with two attached hydrogens (primary N) is 1. The summed E-state index contributed by atoms with van der Waals surface area (Å²) in [5, 5.41) is 14.7. The molecule has 2 heterocycles. The molecule has 1 fully saturated rings. The van der Waals surface area contributed by atoms with E-state index < -0.39 is 43.0 Å². The van der Waals surface area contributed by atoms with E-state index >= 15 is 0 Å². The molecule has 1 saturated heterocycles. The first-order valence-corrected chi connectivity index (χ1v) is 15.1. The SMILES string of the molecule is COc1ccc(C(NC[C@H]2O[C@@H](n3cc(C)c(=O)[nH]c3=O)C[C@@H]2O)(c2ccccc2)c2ccccc2)cc1.NP(=O)(O)O. The molecule has 0 aliphatic carbocycles. The van der Waals surface area contributed by atoms with Gasteiger partial charge < -0.3 is 24.4 Å². The van der Waals surface area contributed by atoms with Crippen molar-refractivity contribution in [3.8, 4) is 5.75 Å². The molecule has 0 bridgehead atoms. The summed E-state index contributed by atoms with van der Waals surface area (Å²) >= 11 is 0. The highest BCUT2D eigenvalue weighted by atomic mass is 31.2. The molecule has 0 amide bonds. The first-order valence-electron chi connectivity index (χ1n) is 13.4. The maximum atomic E-state index is 12.4. The van der Waals surface area contributed by atoms with Crippen molar-refractivity contribution < 1.29 is 28.9 Å². The van der Waals surface area contributed by atoms with Crippen molar-refractivity contribution in [2.75, 3.05) is 13.7 Å². The summed E-state index contributed by atoms with van der Waals surface area (Å²) in [6, 6.07) is 28.2. The van der Waals surface area contributed by atoms with Crippen LogP contribution >= 0.6 is 7.75 Å². The molecule has 1 aliphatic rings. The number of ether oxygens (including phenoxy) is 2. The van der Waals surface area contributed by atoms with E-state index in [1.54, 1.807) is 14.0 Å². The molecule has 0 saturated carbocycles. The topological polar surface area (TPSA) is 189 Å². The molecule has 7 N–H and O–H groups in total. The Labute approximate surface area is 248 Å². The lowest BCUT2D eigenvalue weighted by Crippen LogP contribution is -2.49. The van der Waals surface area contributed by atoms with Crippen molar-refractivity contribution in [2.45, 2.75) is 37.3 Å². The van der Waals surface area contributed by atoms with Crippen LogP contribution in [-0.4, -0.2) is 50.3 Å². The Morgan fingerprint density at radius 1 is 1.00 bits per heavy atom. The van der Waals surface area contributed by atoms with Gasteiger partial charge in [-0.1, -0.05) is 72.8 Å². The number of aromatic amines is 1. The Kier molecular flexibility index (Phi) is 10.2. The molecule has 0 radical (unpaired) electrons. The molecule has 1 aliphatic heterocycles. The Balaban J connectivity index is 0.000000782. The molecule has 228 valence electrons. The van der Waals surface area contributed by atoms with Crippen molar-refractivity contribution in [2.24, 2.45) is 5.50 Å². The number of nitrogens with zero attached hydrogens (tertiary/aromatic N) is 1. The van der Waals surface area contributed by atoms with Crippen molar-refractivity contribution in [1.82, 2.24) is 14.9 Å².